The summed E-state index contributed by atoms with van der Waals surface area (Å²) in [6.07, 6.45) is 2.05. The number of nitrogens with one attached hydrogen (secondary N) is 1. The highest BCUT2D eigenvalue weighted by Gasteiger charge is 2.17. The molecule has 0 radical (unpaired) electrons. The number of benzene rings is 2. The van der Waals surface area contributed by atoms with E-state index in [0.717, 1.165) is 50.0 Å². The van der Waals surface area contributed by atoms with Crippen molar-refractivity contribution in [1.82, 2.24) is 10.2 Å². The molecule has 1 amide bonds. The van der Waals surface area contributed by atoms with Gasteiger partial charge >= 0.3 is 0 Å². The molecule has 1 N–H and O–H groups in total. The van der Waals surface area contributed by atoms with E-state index in [4.69, 9.17) is 11.6 Å². The predicted molar refractivity (Wildman–Crippen MR) is 121 cm³/mol. The molecule has 28 heavy (non-hydrogen) atoms. The SMILES string of the molecule is Cc1cccc(N2CCN(CCCCNC(=O)c3cc(Br)ccc3Cl)CC2)c1. The van der Waals surface area contributed by atoms with Crippen molar-refractivity contribution in [3.8, 4) is 0 Å². The van der Waals surface area contributed by atoms with Crippen LogP contribution in [0.2, 0.25) is 5.02 Å². The van der Waals surface area contributed by atoms with E-state index in [9.17, 15) is 4.79 Å². The fraction of sp³-hybridized carbons (Fsp3) is 0.409. The highest BCUT2D eigenvalue weighted by atomic mass is 79.9. The van der Waals surface area contributed by atoms with Crippen LogP contribution in [0, 0.1) is 6.92 Å². The van der Waals surface area contributed by atoms with Gasteiger partial charge in [-0.25, -0.2) is 0 Å². The van der Waals surface area contributed by atoms with Crippen molar-refractivity contribution >= 4 is 39.1 Å². The molecule has 0 aromatic heterocycles. The Kier molecular flexibility index (Phi) is 7.77. The Bertz CT molecular complexity index is 806. The molecule has 4 nitrogen and oxygen atoms in total. The van der Waals surface area contributed by atoms with Crippen LogP contribution >= 0.6 is 27.5 Å². The summed E-state index contributed by atoms with van der Waals surface area (Å²) in [7, 11) is 0. The molecule has 150 valence electrons. The van der Waals surface area contributed by atoms with Gasteiger partial charge in [0, 0.05) is 42.9 Å². The van der Waals surface area contributed by atoms with E-state index in [2.05, 4.69) is 62.2 Å². The molecule has 0 unspecified atom stereocenters. The Morgan fingerprint density at radius 1 is 1.11 bits per heavy atom. The Balaban J connectivity index is 1.33. The first kappa shape index (κ1) is 21.2. The molecule has 2 aromatic rings. The van der Waals surface area contributed by atoms with Crippen LogP contribution < -0.4 is 10.2 Å². The zero-order valence-corrected chi connectivity index (χ0v) is 18.6. The van der Waals surface area contributed by atoms with Crippen molar-refractivity contribution in [2.75, 3.05) is 44.2 Å². The average Bonchev–Trinajstić information content (AvgIpc) is 2.70. The van der Waals surface area contributed by atoms with Gasteiger partial charge in [-0.1, -0.05) is 39.7 Å². The number of unbranched alkanes of at least 4 members (excludes halogenated alkanes) is 1. The lowest BCUT2D eigenvalue weighted by Crippen LogP contribution is -2.46. The molecule has 0 saturated carbocycles. The molecule has 0 aliphatic carbocycles. The molecule has 1 aliphatic rings. The van der Waals surface area contributed by atoms with Gasteiger partial charge in [-0.2, -0.15) is 0 Å². The maximum absolute atomic E-state index is 12.2. The van der Waals surface area contributed by atoms with Crippen LogP contribution in [0.25, 0.3) is 0 Å². The van der Waals surface area contributed by atoms with Crippen LogP contribution in [0.5, 0.6) is 0 Å². The van der Waals surface area contributed by atoms with E-state index in [1.165, 1.54) is 11.3 Å². The Morgan fingerprint density at radius 2 is 1.89 bits per heavy atom. The number of aryl methyl sites for hydroxylation is 1. The molecule has 6 heteroatoms. The quantitative estimate of drug-likeness (QED) is 0.601. The highest BCUT2D eigenvalue weighted by molar-refractivity contribution is 9.10. The van der Waals surface area contributed by atoms with Crippen molar-refractivity contribution < 1.29 is 4.79 Å². The van der Waals surface area contributed by atoms with Crippen molar-refractivity contribution in [3.63, 3.8) is 0 Å². The number of hydrogen-bond donors (Lipinski definition) is 1. The summed E-state index contributed by atoms with van der Waals surface area (Å²) in [5.74, 6) is -0.113. The third-order valence-corrected chi connectivity index (χ3v) is 5.92. The lowest BCUT2D eigenvalue weighted by Gasteiger charge is -2.36. The van der Waals surface area contributed by atoms with E-state index < -0.39 is 0 Å². The van der Waals surface area contributed by atoms with Crippen molar-refractivity contribution in [2.24, 2.45) is 0 Å². The van der Waals surface area contributed by atoms with Gasteiger partial charge in [0.1, 0.15) is 0 Å². The molecule has 0 spiro atoms. The van der Waals surface area contributed by atoms with Crippen LogP contribution in [0.4, 0.5) is 5.69 Å². The standard InChI is InChI=1S/C22H27BrClN3O/c1-17-5-4-6-19(15-17)27-13-11-26(12-14-27)10-3-2-9-25-22(28)20-16-18(23)7-8-21(20)24/h4-8,15-16H,2-3,9-14H2,1H3,(H,25,28). The van der Waals surface area contributed by atoms with E-state index in [-0.39, 0.29) is 5.91 Å². The van der Waals surface area contributed by atoms with E-state index in [1.54, 1.807) is 12.1 Å². The second-order valence-corrected chi connectivity index (χ2v) is 8.58. The largest absolute Gasteiger partial charge is 0.369 e. The van der Waals surface area contributed by atoms with Gasteiger partial charge in [0.15, 0.2) is 0 Å². The van der Waals surface area contributed by atoms with Gasteiger partial charge < -0.3 is 10.2 Å². The van der Waals surface area contributed by atoms with Crippen LogP contribution in [-0.2, 0) is 0 Å². The van der Waals surface area contributed by atoms with E-state index >= 15 is 0 Å². The summed E-state index contributed by atoms with van der Waals surface area (Å²) in [5.41, 5.74) is 3.16. The Labute approximate surface area is 181 Å². The second kappa shape index (κ2) is 10.3. The minimum absolute atomic E-state index is 0.113. The van der Waals surface area contributed by atoms with Crippen molar-refractivity contribution in [2.45, 2.75) is 19.8 Å². The number of carbonyl (C=O) groups is 1. The molecule has 0 atom stereocenters. The lowest BCUT2D eigenvalue weighted by atomic mass is 10.2. The predicted octanol–water partition coefficient (Wildman–Crippen LogP) is 4.74. The second-order valence-electron chi connectivity index (χ2n) is 7.25. The Hall–Kier alpha value is -1.56. The maximum Gasteiger partial charge on any atom is 0.252 e. The summed E-state index contributed by atoms with van der Waals surface area (Å²) in [5, 5.41) is 3.45. The van der Waals surface area contributed by atoms with Gasteiger partial charge in [0.25, 0.3) is 5.91 Å². The average molecular weight is 465 g/mol. The number of hydrogen-bond acceptors (Lipinski definition) is 3. The normalized spacial score (nSPS) is 14.9. The van der Waals surface area contributed by atoms with Crippen LogP contribution in [-0.4, -0.2) is 50.1 Å². The number of carbonyl (C=O) groups excluding carboxylic acids is 1. The topological polar surface area (TPSA) is 35.6 Å². The third-order valence-electron chi connectivity index (χ3n) is 5.10. The summed E-state index contributed by atoms with van der Waals surface area (Å²) >= 11 is 9.48. The first-order valence-electron chi connectivity index (χ1n) is 9.80. The summed E-state index contributed by atoms with van der Waals surface area (Å²) in [6, 6.07) is 14.1. The zero-order chi connectivity index (χ0) is 19.9. The summed E-state index contributed by atoms with van der Waals surface area (Å²) < 4.78 is 0.854. The van der Waals surface area contributed by atoms with Gasteiger partial charge in [-0.15, -0.1) is 0 Å². The molecular formula is C22H27BrClN3O. The van der Waals surface area contributed by atoms with Crippen LogP contribution in [0.1, 0.15) is 28.8 Å². The third kappa shape index (κ3) is 5.97. The fourth-order valence-corrected chi connectivity index (χ4v) is 4.05. The summed E-state index contributed by atoms with van der Waals surface area (Å²) in [4.78, 5) is 17.2. The minimum Gasteiger partial charge on any atom is -0.369 e. The Morgan fingerprint density at radius 3 is 2.64 bits per heavy atom. The maximum atomic E-state index is 12.2. The molecule has 1 fully saturated rings. The van der Waals surface area contributed by atoms with Crippen molar-refractivity contribution in [1.29, 1.82) is 0 Å². The molecule has 1 aliphatic heterocycles. The fourth-order valence-electron chi connectivity index (χ4n) is 3.48. The number of nitrogens with zero attached hydrogens (tertiary/aromatic N) is 2. The number of piperazine rings is 1. The minimum atomic E-state index is -0.113. The number of amides is 1. The van der Waals surface area contributed by atoms with Gasteiger partial charge in [0.2, 0.25) is 0 Å². The molecule has 3 rings (SSSR count). The monoisotopic (exact) mass is 463 g/mol. The highest BCUT2D eigenvalue weighted by Crippen LogP contribution is 2.21. The van der Waals surface area contributed by atoms with E-state index in [0.29, 0.717) is 17.1 Å². The molecule has 1 heterocycles. The number of anilines is 1. The molecular weight excluding hydrogens is 438 g/mol. The zero-order valence-electron chi connectivity index (χ0n) is 16.3. The smallest absolute Gasteiger partial charge is 0.252 e. The number of rotatable bonds is 7. The van der Waals surface area contributed by atoms with E-state index in [1.807, 2.05) is 6.07 Å². The lowest BCUT2D eigenvalue weighted by molar-refractivity contribution is 0.0952. The van der Waals surface area contributed by atoms with Gasteiger partial charge in [-0.05, 0) is 62.2 Å². The number of halogens is 2. The molecule has 2 aromatic carbocycles. The van der Waals surface area contributed by atoms with Crippen LogP contribution in [0.3, 0.4) is 0 Å². The molecule has 1 saturated heterocycles. The van der Waals surface area contributed by atoms with Gasteiger partial charge in [-0.3, -0.25) is 9.69 Å². The van der Waals surface area contributed by atoms with Crippen LogP contribution in [0.15, 0.2) is 46.9 Å². The van der Waals surface area contributed by atoms with Crippen molar-refractivity contribution in [3.05, 3.63) is 63.1 Å². The summed E-state index contributed by atoms with van der Waals surface area (Å²) in [6.45, 7) is 8.22. The van der Waals surface area contributed by atoms with Gasteiger partial charge in [0.05, 0.1) is 10.6 Å². The molecule has 0 bridgehead atoms. The first-order valence-corrected chi connectivity index (χ1v) is 11.0. The first-order chi connectivity index (χ1) is 13.5.